The van der Waals surface area contributed by atoms with E-state index in [0.717, 1.165) is 12.1 Å². The minimum Gasteiger partial charge on any atom is -0.444 e. The number of thiazole rings is 1. The summed E-state index contributed by atoms with van der Waals surface area (Å²) < 4.78 is 5.30. The van der Waals surface area contributed by atoms with Crippen LogP contribution in [0.15, 0.2) is 54.2 Å². The molecule has 1 aromatic carbocycles. The molecule has 11 nitrogen and oxygen atoms in total. The van der Waals surface area contributed by atoms with Gasteiger partial charge in [0, 0.05) is 17.8 Å². The molecule has 1 unspecified atom stereocenters. The number of nitrogens with one attached hydrogen (secondary N) is 4. The van der Waals surface area contributed by atoms with E-state index in [1.807, 2.05) is 19.0 Å². The molecule has 0 fully saturated rings. The van der Waals surface area contributed by atoms with Gasteiger partial charge in [0.2, 0.25) is 0 Å². The maximum atomic E-state index is 12.9. The lowest BCUT2D eigenvalue weighted by atomic mass is 10.1. The van der Waals surface area contributed by atoms with Crippen molar-refractivity contribution in [2.24, 2.45) is 0 Å². The van der Waals surface area contributed by atoms with Crippen molar-refractivity contribution in [1.29, 1.82) is 0 Å². The molecule has 202 valence electrons. The topological polar surface area (TPSA) is 138 Å². The van der Waals surface area contributed by atoms with Crippen LogP contribution in [0.25, 0.3) is 0 Å². The Kier molecular flexibility index (Phi) is 9.74. The van der Waals surface area contributed by atoms with Crippen molar-refractivity contribution in [1.82, 2.24) is 20.2 Å². The number of urea groups is 1. The lowest BCUT2D eigenvalue weighted by molar-refractivity contribution is 0.0635. The smallest absolute Gasteiger partial charge is 0.412 e. The molecule has 3 rings (SSSR count). The molecule has 4 amide bonds. The molecular formula is C26H33N7O4S. The van der Waals surface area contributed by atoms with E-state index in [9.17, 15) is 14.4 Å². The molecule has 12 heteroatoms. The van der Waals surface area contributed by atoms with E-state index in [0.29, 0.717) is 22.9 Å². The molecule has 0 bridgehead atoms. The first-order chi connectivity index (χ1) is 18.0. The second kappa shape index (κ2) is 13.0. The highest BCUT2D eigenvalue weighted by Crippen LogP contribution is 2.23. The van der Waals surface area contributed by atoms with Crippen molar-refractivity contribution in [2.45, 2.75) is 38.8 Å². The second-order valence-electron chi connectivity index (χ2n) is 9.68. The summed E-state index contributed by atoms with van der Waals surface area (Å²) in [5, 5.41) is 13.4. The molecule has 0 aliphatic carbocycles. The van der Waals surface area contributed by atoms with Gasteiger partial charge in [-0.2, -0.15) is 0 Å². The summed E-state index contributed by atoms with van der Waals surface area (Å²) in [6, 6.07) is 9.45. The van der Waals surface area contributed by atoms with Crippen LogP contribution in [0, 0.1) is 0 Å². The quantitative estimate of drug-likeness (QED) is 0.302. The van der Waals surface area contributed by atoms with Crippen molar-refractivity contribution in [3.8, 4) is 0 Å². The number of nitrogens with zero attached hydrogens (tertiary/aromatic N) is 3. The summed E-state index contributed by atoms with van der Waals surface area (Å²) >= 11 is 1.33. The van der Waals surface area contributed by atoms with Gasteiger partial charge >= 0.3 is 12.1 Å². The van der Waals surface area contributed by atoms with Crippen molar-refractivity contribution in [3.05, 3.63) is 65.4 Å². The number of carbonyl (C=O) groups excluding carboxylic acids is 3. The number of amides is 4. The predicted molar refractivity (Wildman–Crippen MR) is 149 cm³/mol. The van der Waals surface area contributed by atoms with Gasteiger partial charge in [-0.05, 0) is 71.6 Å². The number of pyridine rings is 1. The van der Waals surface area contributed by atoms with E-state index in [4.69, 9.17) is 4.74 Å². The van der Waals surface area contributed by atoms with E-state index in [1.165, 1.54) is 11.3 Å². The maximum absolute atomic E-state index is 12.9. The fourth-order valence-electron chi connectivity index (χ4n) is 3.33. The number of anilines is 3. The van der Waals surface area contributed by atoms with E-state index >= 15 is 0 Å². The number of benzene rings is 1. The summed E-state index contributed by atoms with van der Waals surface area (Å²) in [4.78, 5) is 48.0. The Bertz CT molecular complexity index is 1230. The van der Waals surface area contributed by atoms with Crippen molar-refractivity contribution in [3.63, 3.8) is 0 Å². The lowest BCUT2D eigenvalue weighted by Crippen LogP contribution is -2.34. The zero-order valence-corrected chi connectivity index (χ0v) is 22.9. The standard InChI is InChI=1S/C26H33N7O4S/c1-26(2,3)37-25(36)31-20-9-7-6-8-19(20)29-22(34)21-11-10-17(16-28-21)18(12-14-33(4)5)30-23(35)32-24-27-13-15-38-24/h6-11,13,15-16,18H,12,14H2,1-5H3,(H,29,34)(H,31,36)(H2,27,30,32,35). The largest absolute Gasteiger partial charge is 0.444 e. The van der Waals surface area contributed by atoms with Crippen molar-refractivity contribution < 1.29 is 19.1 Å². The van der Waals surface area contributed by atoms with Gasteiger partial charge in [-0.3, -0.25) is 20.4 Å². The van der Waals surface area contributed by atoms with Crippen LogP contribution in [0.5, 0.6) is 0 Å². The van der Waals surface area contributed by atoms with Crippen LogP contribution in [0.1, 0.15) is 49.3 Å². The summed E-state index contributed by atoms with van der Waals surface area (Å²) in [7, 11) is 3.90. The molecular weight excluding hydrogens is 506 g/mol. The van der Waals surface area contributed by atoms with Gasteiger partial charge < -0.3 is 20.3 Å². The average Bonchev–Trinajstić information content (AvgIpc) is 3.34. The Hall–Kier alpha value is -4.03. The van der Waals surface area contributed by atoms with Crippen LogP contribution >= 0.6 is 11.3 Å². The molecule has 0 radical (unpaired) electrons. The third-order valence-corrected chi connectivity index (χ3v) is 5.74. The third kappa shape index (κ3) is 9.12. The molecule has 0 saturated heterocycles. The number of rotatable bonds is 9. The van der Waals surface area contributed by atoms with E-state index in [2.05, 4.69) is 31.2 Å². The van der Waals surface area contributed by atoms with Gasteiger partial charge in [0.15, 0.2) is 5.13 Å². The summed E-state index contributed by atoms with van der Waals surface area (Å²) in [5.41, 5.74) is 1.07. The zero-order valence-electron chi connectivity index (χ0n) is 22.1. The normalized spacial score (nSPS) is 11.9. The number of aromatic nitrogens is 2. The summed E-state index contributed by atoms with van der Waals surface area (Å²) in [6.07, 6.45) is 3.19. The maximum Gasteiger partial charge on any atom is 0.412 e. The second-order valence-corrected chi connectivity index (χ2v) is 10.6. The Morgan fingerprint density at radius 3 is 2.29 bits per heavy atom. The van der Waals surface area contributed by atoms with Gasteiger partial charge in [-0.25, -0.2) is 14.6 Å². The molecule has 4 N–H and O–H groups in total. The number of hydrogen-bond donors (Lipinski definition) is 4. The molecule has 3 aromatic rings. The first kappa shape index (κ1) is 28.5. The SMILES string of the molecule is CN(C)CCC(NC(=O)Nc1nccs1)c1ccc(C(=O)Nc2ccccc2NC(=O)OC(C)(C)C)nc1. The molecule has 2 heterocycles. The highest BCUT2D eigenvalue weighted by molar-refractivity contribution is 7.13. The fourth-order valence-corrected chi connectivity index (χ4v) is 3.86. The molecule has 0 saturated carbocycles. The number of ether oxygens (including phenoxy) is 1. The molecule has 2 aromatic heterocycles. The molecule has 0 spiro atoms. The average molecular weight is 540 g/mol. The lowest BCUT2D eigenvalue weighted by Gasteiger charge is -2.21. The van der Waals surface area contributed by atoms with Gasteiger partial charge in [-0.1, -0.05) is 18.2 Å². The van der Waals surface area contributed by atoms with Crippen molar-refractivity contribution in [2.75, 3.05) is 36.6 Å². The Morgan fingerprint density at radius 1 is 1.00 bits per heavy atom. The Balaban J connectivity index is 1.69. The first-order valence-electron chi connectivity index (χ1n) is 12.0. The van der Waals surface area contributed by atoms with Gasteiger partial charge in [0.25, 0.3) is 5.91 Å². The zero-order chi connectivity index (χ0) is 27.7. The van der Waals surface area contributed by atoms with E-state index in [1.54, 1.807) is 74.9 Å². The van der Waals surface area contributed by atoms with Gasteiger partial charge in [0.1, 0.15) is 11.3 Å². The van der Waals surface area contributed by atoms with Gasteiger partial charge in [0.05, 0.1) is 17.4 Å². The fraction of sp³-hybridized carbons (Fsp3) is 0.346. The monoisotopic (exact) mass is 539 g/mol. The Labute approximate surface area is 226 Å². The van der Waals surface area contributed by atoms with Crippen LogP contribution in [0.4, 0.5) is 26.1 Å². The molecule has 38 heavy (non-hydrogen) atoms. The van der Waals surface area contributed by atoms with Crippen molar-refractivity contribution >= 4 is 45.9 Å². The number of para-hydroxylation sites is 2. The highest BCUT2D eigenvalue weighted by Gasteiger charge is 2.19. The highest BCUT2D eigenvalue weighted by atomic mass is 32.1. The summed E-state index contributed by atoms with van der Waals surface area (Å²) in [6.45, 7) is 6.03. The molecule has 0 aliphatic rings. The van der Waals surface area contributed by atoms with E-state index < -0.39 is 17.6 Å². The van der Waals surface area contributed by atoms with Gasteiger partial charge in [-0.15, -0.1) is 11.3 Å². The third-order valence-electron chi connectivity index (χ3n) is 5.06. The minimum absolute atomic E-state index is 0.180. The van der Waals surface area contributed by atoms with Crippen LogP contribution in [-0.4, -0.2) is 59.1 Å². The van der Waals surface area contributed by atoms with Crippen LogP contribution in [-0.2, 0) is 4.74 Å². The molecule has 1 atom stereocenters. The first-order valence-corrected chi connectivity index (χ1v) is 12.9. The number of hydrogen-bond acceptors (Lipinski definition) is 8. The van der Waals surface area contributed by atoms with E-state index in [-0.39, 0.29) is 17.8 Å². The predicted octanol–water partition coefficient (Wildman–Crippen LogP) is 4.95. The Morgan fingerprint density at radius 2 is 1.71 bits per heavy atom. The van der Waals surface area contributed by atoms with Crippen LogP contribution < -0.4 is 21.3 Å². The van der Waals surface area contributed by atoms with Crippen LogP contribution in [0.3, 0.4) is 0 Å². The molecule has 0 aliphatic heterocycles. The number of carbonyl (C=O) groups is 3. The minimum atomic E-state index is -0.658. The van der Waals surface area contributed by atoms with Crippen LogP contribution in [0.2, 0.25) is 0 Å². The summed E-state index contributed by atoms with van der Waals surface area (Å²) in [5.74, 6) is -0.450.